The molecule has 1 aliphatic heterocycles. The van der Waals surface area contributed by atoms with E-state index in [2.05, 4.69) is 24.0 Å². The van der Waals surface area contributed by atoms with Crippen LogP contribution in [0.15, 0.2) is 72.8 Å². The molecule has 140 valence electrons. The van der Waals surface area contributed by atoms with Gasteiger partial charge in [0.15, 0.2) is 0 Å². The summed E-state index contributed by atoms with van der Waals surface area (Å²) in [6.07, 6.45) is 1.03. The molecule has 3 rings (SSSR count). The van der Waals surface area contributed by atoms with E-state index in [1.54, 1.807) is 0 Å². The number of carbonyl (C=O) groups is 2. The summed E-state index contributed by atoms with van der Waals surface area (Å²) in [6, 6.07) is 18.8. The number of hydrogen-bond acceptors (Lipinski definition) is 3. The molecule has 2 aromatic carbocycles. The fraction of sp³-hybridized carbons (Fsp3) is 0.273. The minimum absolute atomic E-state index is 0. The summed E-state index contributed by atoms with van der Waals surface area (Å²) in [4.78, 5) is 25.2. The largest absolute Gasteiger partial charge is 1.00 e. The Morgan fingerprint density at radius 1 is 1.11 bits per heavy atom. The van der Waals surface area contributed by atoms with E-state index in [1.807, 2.05) is 48.5 Å². The van der Waals surface area contributed by atoms with Crippen LogP contribution in [0, 0.1) is 0 Å². The van der Waals surface area contributed by atoms with Gasteiger partial charge in [0.2, 0.25) is 0 Å². The predicted molar refractivity (Wildman–Crippen MR) is 102 cm³/mol. The molecule has 1 aliphatic rings. The molecule has 0 spiro atoms. The molecule has 5 nitrogen and oxygen atoms in total. The molecular formula is C22H23KN2O3. The monoisotopic (exact) mass is 402 g/mol. The molecular weight excluding hydrogens is 379 g/mol. The standard InChI is InChI=1S/C22H24N2O3.K/c1-16-12-20(21(25)26)24(15-16)22(27)23-14-19(18-10-6-3-7-11-18)13-17-8-4-2-5-9-17;/h2-11,19-20H,1,12-15H2,(H,23,27)(H,25,26);/q;+1/p-1/t19?,20-;/m0./s1. The Labute approximate surface area is 208 Å². The quantitative estimate of drug-likeness (QED) is 0.503. The summed E-state index contributed by atoms with van der Waals surface area (Å²) in [5.41, 5.74) is 3.04. The topological polar surface area (TPSA) is 72.5 Å². The van der Waals surface area contributed by atoms with Crippen molar-refractivity contribution >= 4 is 12.0 Å². The van der Waals surface area contributed by atoms with Gasteiger partial charge in [0.05, 0.1) is 12.0 Å². The van der Waals surface area contributed by atoms with Gasteiger partial charge in [-0.15, -0.1) is 0 Å². The summed E-state index contributed by atoms with van der Waals surface area (Å²) in [5.74, 6) is -1.16. The molecule has 1 N–H and O–H groups in total. The normalized spacial score (nSPS) is 16.9. The molecule has 1 heterocycles. The fourth-order valence-electron chi connectivity index (χ4n) is 3.47. The van der Waals surface area contributed by atoms with Gasteiger partial charge in [-0.25, -0.2) is 4.79 Å². The molecule has 1 saturated heterocycles. The minimum atomic E-state index is -1.24. The van der Waals surface area contributed by atoms with Crippen molar-refractivity contribution in [2.45, 2.75) is 24.8 Å². The van der Waals surface area contributed by atoms with Crippen LogP contribution >= 0.6 is 0 Å². The van der Waals surface area contributed by atoms with E-state index in [0.29, 0.717) is 6.54 Å². The fourth-order valence-corrected chi connectivity index (χ4v) is 3.47. The van der Waals surface area contributed by atoms with Gasteiger partial charge in [-0.3, -0.25) is 0 Å². The maximum Gasteiger partial charge on any atom is 1.00 e. The van der Waals surface area contributed by atoms with Crippen molar-refractivity contribution in [2.24, 2.45) is 0 Å². The first-order chi connectivity index (χ1) is 13.0. The number of nitrogens with one attached hydrogen (secondary N) is 1. The Bertz CT molecular complexity index is 811. The molecule has 6 heteroatoms. The van der Waals surface area contributed by atoms with E-state index in [1.165, 1.54) is 10.5 Å². The summed E-state index contributed by atoms with van der Waals surface area (Å²) in [6.45, 7) is 4.47. The van der Waals surface area contributed by atoms with Crippen LogP contribution in [-0.2, 0) is 11.2 Å². The maximum absolute atomic E-state index is 12.6. The molecule has 0 aliphatic carbocycles. The zero-order chi connectivity index (χ0) is 19.2. The zero-order valence-electron chi connectivity index (χ0n) is 16.1. The number of benzene rings is 2. The summed E-state index contributed by atoms with van der Waals surface area (Å²) in [5, 5.41) is 14.2. The van der Waals surface area contributed by atoms with Crippen LogP contribution in [0.25, 0.3) is 0 Å². The van der Waals surface area contributed by atoms with E-state index in [9.17, 15) is 14.7 Å². The average molecular weight is 403 g/mol. The SMILES string of the molecule is C=C1C[C@@H](C(=O)[O-])N(C(=O)NCC(Cc2ccccc2)c2ccccc2)C1.[K+]. The van der Waals surface area contributed by atoms with E-state index < -0.39 is 18.0 Å². The first-order valence-corrected chi connectivity index (χ1v) is 9.05. The summed E-state index contributed by atoms with van der Waals surface area (Å²) < 4.78 is 0. The van der Waals surface area contributed by atoms with Crippen molar-refractivity contribution in [1.82, 2.24) is 10.2 Å². The van der Waals surface area contributed by atoms with Gasteiger partial charge >= 0.3 is 57.4 Å². The Balaban J connectivity index is 0.00000280. The number of rotatable bonds is 6. The van der Waals surface area contributed by atoms with Gasteiger partial charge in [0, 0.05) is 19.0 Å². The van der Waals surface area contributed by atoms with E-state index in [0.717, 1.165) is 17.6 Å². The minimum Gasteiger partial charge on any atom is -0.548 e. The second-order valence-corrected chi connectivity index (χ2v) is 6.90. The molecule has 0 aromatic heterocycles. The smallest absolute Gasteiger partial charge is 0.548 e. The zero-order valence-corrected chi connectivity index (χ0v) is 19.3. The first kappa shape index (κ1) is 22.8. The van der Waals surface area contributed by atoms with Gasteiger partial charge < -0.3 is 20.1 Å². The van der Waals surface area contributed by atoms with Gasteiger partial charge in [0.25, 0.3) is 0 Å². The molecule has 1 unspecified atom stereocenters. The molecule has 2 atom stereocenters. The number of urea groups is 1. The van der Waals surface area contributed by atoms with E-state index in [4.69, 9.17) is 0 Å². The molecule has 1 fully saturated rings. The molecule has 0 radical (unpaired) electrons. The number of amides is 2. The number of carboxylic acids is 1. The van der Waals surface area contributed by atoms with E-state index >= 15 is 0 Å². The van der Waals surface area contributed by atoms with Crippen LogP contribution in [0.5, 0.6) is 0 Å². The number of carboxylic acid groups (broad SMARTS) is 1. The Kier molecular flexibility index (Phi) is 8.91. The third kappa shape index (κ3) is 6.03. The van der Waals surface area contributed by atoms with Crippen molar-refractivity contribution in [3.05, 3.63) is 83.9 Å². The van der Waals surface area contributed by atoms with Gasteiger partial charge in [-0.05, 0) is 24.0 Å². The molecule has 2 amide bonds. The molecule has 28 heavy (non-hydrogen) atoms. The molecule has 0 saturated carbocycles. The number of carbonyl (C=O) groups excluding carboxylic acids is 2. The molecule has 0 bridgehead atoms. The van der Waals surface area contributed by atoms with Crippen molar-refractivity contribution in [3.8, 4) is 0 Å². The summed E-state index contributed by atoms with van der Waals surface area (Å²) in [7, 11) is 0. The van der Waals surface area contributed by atoms with Crippen LogP contribution in [0.1, 0.15) is 23.5 Å². The molecule has 2 aromatic rings. The van der Waals surface area contributed by atoms with Gasteiger partial charge in [-0.1, -0.05) is 72.8 Å². The van der Waals surface area contributed by atoms with Gasteiger partial charge in [0.1, 0.15) is 0 Å². The first-order valence-electron chi connectivity index (χ1n) is 9.05. The number of aliphatic carboxylic acids is 1. The Morgan fingerprint density at radius 2 is 1.71 bits per heavy atom. The number of nitrogens with zero attached hydrogens (tertiary/aromatic N) is 1. The Morgan fingerprint density at radius 3 is 2.32 bits per heavy atom. The van der Waals surface area contributed by atoms with Crippen molar-refractivity contribution in [1.29, 1.82) is 0 Å². The van der Waals surface area contributed by atoms with Crippen LogP contribution < -0.4 is 61.8 Å². The van der Waals surface area contributed by atoms with Crippen LogP contribution in [0.2, 0.25) is 0 Å². The average Bonchev–Trinajstić information content (AvgIpc) is 3.08. The maximum atomic E-state index is 12.6. The van der Waals surface area contributed by atoms with E-state index in [-0.39, 0.29) is 70.3 Å². The van der Waals surface area contributed by atoms with Crippen molar-refractivity contribution < 1.29 is 66.1 Å². The van der Waals surface area contributed by atoms with Gasteiger partial charge in [-0.2, -0.15) is 0 Å². The van der Waals surface area contributed by atoms with Crippen LogP contribution in [0.4, 0.5) is 4.79 Å². The third-order valence-electron chi connectivity index (χ3n) is 4.88. The van der Waals surface area contributed by atoms with Crippen LogP contribution in [-0.4, -0.2) is 36.0 Å². The number of likely N-dealkylation sites (tertiary alicyclic amines) is 1. The number of hydrogen-bond donors (Lipinski definition) is 1. The van der Waals surface area contributed by atoms with Crippen molar-refractivity contribution in [3.63, 3.8) is 0 Å². The summed E-state index contributed by atoms with van der Waals surface area (Å²) >= 11 is 0. The van der Waals surface area contributed by atoms with Crippen molar-refractivity contribution in [2.75, 3.05) is 13.1 Å². The second kappa shape index (κ2) is 10.9. The van der Waals surface area contributed by atoms with Crippen LogP contribution in [0.3, 0.4) is 0 Å². The third-order valence-corrected chi connectivity index (χ3v) is 4.88. The predicted octanol–water partition coefficient (Wildman–Crippen LogP) is -0.893. The second-order valence-electron chi connectivity index (χ2n) is 6.90. The Hall–Kier alpha value is -1.44.